The van der Waals surface area contributed by atoms with Crippen LogP contribution in [0.2, 0.25) is 0 Å². The summed E-state index contributed by atoms with van der Waals surface area (Å²) in [6, 6.07) is -0.671. The number of carbonyl (C=O) groups excluding carboxylic acids is 1. The number of esters is 1. The number of nitrogens with zero attached hydrogens (tertiary/aromatic N) is 2. The Morgan fingerprint density at radius 1 is 1.24 bits per heavy atom. The fourth-order valence-corrected chi connectivity index (χ4v) is 4.82. The third-order valence-corrected chi connectivity index (χ3v) is 5.58. The van der Waals surface area contributed by atoms with Gasteiger partial charge in [0.15, 0.2) is 5.70 Å². The number of carbonyl (C=O) groups is 1. The zero-order valence-corrected chi connectivity index (χ0v) is 15.5. The molecule has 0 bridgehead atoms. The summed E-state index contributed by atoms with van der Waals surface area (Å²) in [4.78, 5) is 12.6. The highest BCUT2D eigenvalue weighted by Crippen LogP contribution is 2.62. The molecule has 0 amide bonds. The number of hydrogen-bond donors (Lipinski definition) is 0. The number of alkyl halides is 3. The van der Waals surface area contributed by atoms with E-state index in [4.69, 9.17) is 4.74 Å². The highest BCUT2D eigenvalue weighted by Gasteiger charge is 2.66. The Morgan fingerprint density at radius 2 is 1.84 bits per heavy atom. The monoisotopic (exact) mass is 358 g/mol. The second-order valence-electron chi connectivity index (χ2n) is 8.03. The van der Waals surface area contributed by atoms with Crippen LogP contribution in [0.1, 0.15) is 54.4 Å². The summed E-state index contributed by atoms with van der Waals surface area (Å²) in [6.45, 7) is 11.1. The topological polar surface area (TPSA) is 32.8 Å². The van der Waals surface area contributed by atoms with Crippen LogP contribution in [-0.4, -0.2) is 40.4 Å². The van der Waals surface area contributed by atoms with Gasteiger partial charge in [-0.2, -0.15) is 13.2 Å². The van der Waals surface area contributed by atoms with Crippen molar-refractivity contribution in [2.75, 3.05) is 6.61 Å². The Morgan fingerprint density at radius 3 is 2.32 bits per heavy atom. The predicted octanol–water partition coefficient (Wildman–Crippen LogP) is 4.15. The van der Waals surface area contributed by atoms with E-state index in [1.165, 1.54) is 5.01 Å². The first-order valence-electron chi connectivity index (χ1n) is 8.70. The van der Waals surface area contributed by atoms with Crippen molar-refractivity contribution in [3.8, 4) is 0 Å². The molecule has 1 saturated heterocycles. The van der Waals surface area contributed by atoms with E-state index < -0.39 is 34.8 Å². The average molecular weight is 358 g/mol. The summed E-state index contributed by atoms with van der Waals surface area (Å²) >= 11 is 0. The molecule has 0 N–H and O–H groups in total. The van der Waals surface area contributed by atoms with Crippen molar-refractivity contribution < 1.29 is 22.7 Å². The van der Waals surface area contributed by atoms with Gasteiger partial charge in [0.05, 0.1) is 23.8 Å². The summed E-state index contributed by atoms with van der Waals surface area (Å²) in [6.07, 6.45) is -3.34. The number of rotatable bonds is 3. The Hall–Kier alpha value is -1.66. The number of hydrogen-bond acceptors (Lipinski definition) is 4. The Bertz CT molecular complexity index is 689. The Labute approximate surface area is 146 Å². The lowest BCUT2D eigenvalue weighted by atomic mass is 9.75. The fraction of sp³-hybridized carbons (Fsp3) is 0.722. The maximum atomic E-state index is 14.0. The molecule has 0 aromatic heterocycles. The molecule has 0 radical (unpaired) electrons. The second kappa shape index (κ2) is 5.17. The molecule has 4 nitrogen and oxygen atoms in total. The van der Waals surface area contributed by atoms with Gasteiger partial charge in [0.25, 0.3) is 0 Å². The molecule has 3 aliphatic heterocycles. The van der Waals surface area contributed by atoms with Crippen LogP contribution in [0.25, 0.3) is 0 Å². The molecule has 0 aromatic rings. The van der Waals surface area contributed by atoms with E-state index in [9.17, 15) is 18.0 Å². The third-order valence-electron chi connectivity index (χ3n) is 5.58. The molecule has 0 saturated carbocycles. The second-order valence-corrected chi connectivity index (χ2v) is 8.03. The smallest absolute Gasteiger partial charge is 0.433 e. The van der Waals surface area contributed by atoms with E-state index in [0.717, 1.165) is 17.7 Å². The largest absolute Gasteiger partial charge is 0.463 e. The van der Waals surface area contributed by atoms with E-state index >= 15 is 0 Å². The first-order valence-corrected chi connectivity index (χ1v) is 8.70. The van der Waals surface area contributed by atoms with Gasteiger partial charge in [0.1, 0.15) is 0 Å². The van der Waals surface area contributed by atoms with E-state index in [1.54, 1.807) is 25.8 Å². The van der Waals surface area contributed by atoms with Gasteiger partial charge in [0.2, 0.25) is 0 Å². The van der Waals surface area contributed by atoms with Crippen molar-refractivity contribution in [3.05, 3.63) is 22.5 Å². The molecular weight excluding hydrogens is 333 g/mol. The third kappa shape index (κ3) is 2.23. The van der Waals surface area contributed by atoms with E-state index in [2.05, 4.69) is 0 Å². The zero-order chi connectivity index (χ0) is 18.9. The molecule has 3 rings (SSSR count). The highest BCUT2D eigenvalue weighted by atomic mass is 19.4. The lowest BCUT2D eigenvalue weighted by molar-refractivity contribution is -0.142. The van der Waals surface area contributed by atoms with Crippen molar-refractivity contribution in [2.24, 2.45) is 5.41 Å². The molecule has 0 aromatic carbocycles. The fourth-order valence-electron chi connectivity index (χ4n) is 4.82. The predicted molar refractivity (Wildman–Crippen MR) is 87.0 cm³/mol. The van der Waals surface area contributed by atoms with Gasteiger partial charge >= 0.3 is 12.1 Å². The van der Waals surface area contributed by atoms with Crippen LogP contribution < -0.4 is 0 Å². The first kappa shape index (κ1) is 18.1. The maximum absolute atomic E-state index is 14.0. The average Bonchev–Trinajstić information content (AvgIpc) is 3.00. The summed E-state index contributed by atoms with van der Waals surface area (Å²) in [5, 5.41) is 3.01. The zero-order valence-electron chi connectivity index (χ0n) is 15.5. The van der Waals surface area contributed by atoms with Gasteiger partial charge in [-0.25, -0.2) is 4.79 Å². The highest BCUT2D eigenvalue weighted by molar-refractivity contribution is 5.92. The molecule has 1 fully saturated rings. The van der Waals surface area contributed by atoms with Crippen molar-refractivity contribution in [2.45, 2.75) is 72.1 Å². The molecule has 25 heavy (non-hydrogen) atoms. The molecule has 0 aliphatic carbocycles. The van der Waals surface area contributed by atoms with Gasteiger partial charge in [0, 0.05) is 17.5 Å². The molecule has 3 heterocycles. The SMILES string of the molecule is CCOC(=O)C1=C(C(F)(F)F)N2N3C(=C(CC)C(C)(C)C13)CC2(C)C. The van der Waals surface area contributed by atoms with Crippen LogP contribution in [-0.2, 0) is 9.53 Å². The standard InChI is InChI=1S/C18H25F3N2O2/c1-7-10-11-9-16(3,4)23-14(18(19,20)21)12(15(24)25-8-2)13(22(11)23)17(10,5)6/h13H,7-9H2,1-6H3. The van der Waals surface area contributed by atoms with Gasteiger partial charge in [-0.1, -0.05) is 20.8 Å². The molecule has 1 atom stereocenters. The van der Waals surface area contributed by atoms with Crippen LogP contribution in [0.5, 0.6) is 0 Å². The van der Waals surface area contributed by atoms with Crippen LogP contribution >= 0.6 is 0 Å². The van der Waals surface area contributed by atoms with Gasteiger partial charge in [-0.15, -0.1) is 0 Å². The molecule has 7 heteroatoms. The summed E-state index contributed by atoms with van der Waals surface area (Å²) in [5.41, 5.74) is -0.385. The minimum atomic E-state index is -4.62. The lowest BCUT2D eigenvalue weighted by Gasteiger charge is -2.39. The minimum Gasteiger partial charge on any atom is -0.463 e. The van der Waals surface area contributed by atoms with Gasteiger partial charge in [-0.05, 0) is 32.8 Å². The minimum absolute atomic E-state index is 0.0466. The van der Waals surface area contributed by atoms with Crippen LogP contribution in [0.15, 0.2) is 22.5 Å². The normalized spacial score (nSPS) is 26.7. The van der Waals surface area contributed by atoms with Crippen LogP contribution in [0.4, 0.5) is 13.2 Å². The van der Waals surface area contributed by atoms with Gasteiger partial charge < -0.3 is 4.74 Å². The quantitative estimate of drug-likeness (QED) is 0.710. The van der Waals surface area contributed by atoms with E-state index in [-0.39, 0.29) is 12.2 Å². The maximum Gasteiger partial charge on any atom is 0.433 e. The van der Waals surface area contributed by atoms with E-state index in [0.29, 0.717) is 6.42 Å². The number of halogens is 3. The van der Waals surface area contributed by atoms with E-state index in [1.807, 2.05) is 20.8 Å². The Balaban J connectivity index is 2.29. The molecule has 3 aliphatic rings. The molecular formula is C18H25F3N2O2. The molecule has 1 unspecified atom stereocenters. The number of allylic oxidation sites excluding steroid dienone is 1. The lowest BCUT2D eigenvalue weighted by Crippen LogP contribution is -2.48. The first-order chi connectivity index (χ1) is 11.4. The van der Waals surface area contributed by atoms with Crippen molar-refractivity contribution in [3.63, 3.8) is 0 Å². The van der Waals surface area contributed by atoms with Crippen molar-refractivity contribution in [1.82, 2.24) is 10.0 Å². The van der Waals surface area contributed by atoms with Crippen molar-refractivity contribution in [1.29, 1.82) is 0 Å². The molecule has 140 valence electrons. The number of ether oxygens (including phenoxy) is 1. The number of hydrazine groups is 1. The summed E-state index contributed by atoms with van der Waals surface area (Å²) in [5.74, 6) is -0.866. The van der Waals surface area contributed by atoms with Crippen molar-refractivity contribution >= 4 is 5.97 Å². The Kier molecular flexibility index (Phi) is 3.75. The van der Waals surface area contributed by atoms with Crippen LogP contribution in [0, 0.1) is 5.41 Å². The summed E-state index contributed by atoms with van der Waals surface area (Å²) < 4.78 is 47.0. The summed E-state index contributed by atoms with van der Waals surface area (Å²) in [7, 11) is 0. The van der Waals surface area contributed by atoms with Crippen LogP contribution in [0.3, 0.4) is 0 Å². The molecule has 0 spiro atoms. The van der Waals surface area contributed by atoms with Gasteiger partial charge in [-0.3, -0.25) is 10.0 Å².